The van der Waals surface area contributed by atoms with Crippen molar-refractivity contribution in [2.45, 2.75) is 64.3 Å². The number of nitrogens with zero attached hydrogens (tertiary/aromatic N) is 2. The van der Waals surface area contributed by atoms with Crippen molar-refractivity contribution in [2.24, 2.45) is 0 Å². The van der Waals surface area contributed by atoms with Gasteiger partial charge in [-0.05, 0) is 38.8 Å². The second-order valence-corrected chi connectivity index (χ2v) is 7.19. The molecule has 1 amide bonds. The first-order chi connectivity index (χ1) is 12.1. The lowest BCUT2D eigenvalue weighted by atomic mass is 9.98. The predicted molar refractivity (Wildman–Crippen MR) is 97.9 cm³/mol. The van der Waals surface area contributed by atoms with Gasteiger partial charge in [0, 0.05) is 13.1 Å². The lowest BCUT2D eigenvalue weighted by molar-refractivity contribution is -0.123. The summed E-state index contributed by atoms with van der Waals surface area (Å²) < 4.78 is 11.5. The Labute approximate surface area is 149 Å². The summed E-state index contributed by atoms with van der Waals surface area (Å²) in [7, 11) is 0. The van der Waals surface area contributed by atoms with Crippen molar-refractivity contribution in [2.75, 3.05) is 29.9 Å². The SMILES string of the molecule is C[C@H]1CN(c2ccc(NC(=O)COC3CCCCC3)cn2)C[C@H](C)O1. The molecule has 1 aliphatic heterocycles. The number of morpholine rings is 1. The van der Waals surface area contributed by atoms with Crippen molar-refractivity contribution in [3.63, 3.8) is 0 Å². The molecule has 0 unspecified atom stereocenters. The molecule has 1 saturated carbocycles. The first-order valence-electron chi connectivity index (χ1n) is 9.38. The summed E-state index contributed by atoms with van der Waals surface area (Å²) in [6, 6.07) is 3.84. The summed E-state index contributed by atoms with van der Waals surface area (Å²) >= 11 is 0. The normalized spacial score (nSPS) is 25.0. The van der Waals surface area contributed by atoms with E-state index < -0.39 is 0 Å². The van der Waals surface area contributed by atoms with E-state index in [1.54, 1.807) is 6.20 Å². The van der Waals surface area contributed by atoms with Crippen LogP contribution in [0.25, 0.3) is 0 Å². The molecule has 2 aliphatic rings. The van der Waals surface area contributed by atoms with Gasteiger partial charge in [-0.2, -0.15) is 0 Å². The number of carbonyl (C=O) groups is 1. The monoisotopic (exact) mass is 347 g/mol. The summed E-state index contributed by atoms with van der Waals surface area (Å²) in [6.07, 6.45) is 8.17. The van der Waals surface area contributed by atoms with Gasteiger partial charge in [0.2, 0.25) is 5.91 Å². The molecule has 0 aromatic carbocycles. The smallest absolute Gasteiger partial charge is 0.250 e. The fourth-order valence-electron chi connectivity index (χ4n) is 3.63. The predicted octanol–water partition coefficient (Wildman–Crippen LogP) is 2.98. The van der Waals surface area contributed by atoms with Gasteiger partial charge in [-0.3, -0.25) is 4.79 Å². The van der Waals surface area contributed by atoms with Crippen molar-refractivity contribution < 1.29 is 14.3 Å². The summed E-state index contributed by atoms with van der Waals surface area (Å²) in [5.74, 6) is 0.798. The number of rotatable bonds is 5. The molecule has 25 heavy (non-hydrogen) atoms. The molecule has 0 bridgehead atoms. The quantitative estimate of drug-likeness (QED) is 0.887. The van der Waals surface area contributed by atoms with Crippen molar-refractivity contribution in [3.05, 3.63) is 18.3 Å². The van der Waals surface area contributed by atoms with E-state index in [-0.39, 0.29) is 30.8 Å². The lowest BCUT2D eigenvalue weighted by Gasteiger charge is -2.36. The molecule has 138 valence electrons. The van der Waals surface area contributed by atoms with E-state index in [0.717, 1.165) is 31.7 Å². The topological polar surface area (TPSA) is 63.7 Å². The second-order valence-electron chi connectivity index (χ2n) is 7.19. The molecule has 0 spiro atoms. The van der Waals surface area contributed by atoms with Crippen molar-refractivity contribution in [1.29, 1.82) is 0 Å². The molecule has 1 saturated heterocycles. The summed E-state index contributed by atoms with van der Waals surface area (Å²) in [5.41, 5.74) is 0.704. The number of hydrogen-bond acceptors (Lipinski definition) is 5. The highest BCUT2D eigenvalue weighted by Crippen LogP contribution is 2.21. The Balaban J connectivity index is 1.47. The number of amides is 1. The molecular weight excluding hydrogens is 318 g/mol. The third kappa shape index (κ3) is 5.41. The Hall–Kier alpha value is -1.66. The van der Waals surface area contributed by atoms with Crippen LogP contribution in [0.1, 0.15) is 46.0 Å². The van der Waals surface area contributed by atoms with E-state index in [2.05, 4.69) is 29.0 Å². The number of aromatic nitrogens is 1. The van der Waals surface area contributed by atoms with Gasteiger partial charge >= 0.3 is 0 Å². The molecule has 1 aliphatic carbocycles. The van der Waals surface area contributed by atoms with Crippen LogP contribution in [0.15, 0.2) is 18.3 Å². The number of carbonyl (C=O) groups excluding carboxylic acids is 1. The van der Waals surface area contributed by atoms with E-state index in [4.69, 9.17) is 9.47 Å². The Bertz CT molecular complexity index is 548. The number of anilines is 2. The third-order valence-electron chi connectivity index (χ3n) is 4.78. The molecule has 1 aromatic rings. The largest absolute Gasteiger partial charge is 0.372 e. The maximum absolute atomic E-state index is 12.0. The molecule has 2 fully saturated rings. The van der Waals surface area contributed by atoms with Crippen molar-refractivity contribution in [1.82, 2.24) is 4.98 Å². The zero-order valence-corrected chi connectivity index (χ0v) is 15.2. The summed E-state index contributed by atoms with van der Waals surface area (Å²) in [6.45, 7) is 5.93. The fraction of sp³-hybridized carbons (Fsp3) is 0.684. The van der Waals surface area contributed by atoms with Crippen LogP contribution in [0, 0.1) is 0 Å². The molecule has 6 nitrogen and oxygen atoms in total. The molecule has 1 aromatic heterocycles. The standard InChI is InChI=1S/C19H29N3O3/c1-14-11-22(12-15(2)25-14)18-9-8-16(10-20-18)21-19(23)13-24-17-6-4-3-5-7-17/h8-10,14-15,17H,3-7,11-13H2,1-2H3,(H,21,23)/t14-,15-/m0/s1. The first-order valence-corrected chi connectivity index (χ1v) is 9.38. The number of pyridine rings is 1. The number of hydrogen-bond donors (Lipinski definition) is 1. The summed E-state index contributed by atoms with van der Waals surface area (Å²) in [5, 5.41) is 2.86. The zero-order chi connectivity index (χ0) is 17.6. The van der Waals surface area contributed by atoms with Crippen LogP contribution < -0.4 is 10.2 Å². The van der Waals surface area contributed by atoms with Gasteiger partial charge in [-0.1, -0.05) is 19.3 Å². The lowest BCUT2D eigenvalue weighted by Crippen LogP contribution is -2.45. The van der Waals surface area contributed by atoms with Crippen molar-refractivity contribution in [3.8, 4) is 0 Å². The van der Waals surface area contributed by atoms with Crippen molar-refractivity contribution >= 4 is 17.4 Å². The first kappa shape index (κ1) is 18.1. The van der Waals surface area contributed by atoms with Crippen LogP contribution in [0.3, 0.4) is 0 Å². The highest BCUT2D eigenvalue weighted by molar-refractivity contribution is 5.91. The molecule has 3 rings (SSSR count). The molecule has 0 radical (unpaired) electrons. The second kappa shape index (κ2) is 8.63. The van der Waals surface area contributed by atoms with E-state index >= 15 is 0 Å². The molecule has 2 heterocycles. The van der Waals surface area contributed by atoms with Gasteiger partial charge < -0.3 is 19.7 Å². The van der Waals surface area contributed by atoms with E-state index in [0.29, 0.717) is 5.69 Å². The Morgan fingerprint density at radius 3 is 2.60 bits per heavy atom. The molecule has 6 heteroatoms. The molecular formula is C19H29N3O3. The fourth-order valence-corrected chi connectivity index (χ4v) is 3.63. The minimum atomic E-state index is -0.117. The Morgan fingerprint density at radius 2 is 1.96 bits per heavy atom. The van der Waals surface area contributed by atoms with Gasteiger partial charge in [0.05, 0.1) is 30.2 Å². The van der Waals surface area contributed by atoms with Gasteiger partial charge in [0.15, 0.2) is 0 Å². The molecule has 1 N–H and O–H groups in total. The maximum Gasteiger partial charge on any atom is 0.250 e. The highest BCUT2D eigenvalue weighted by atomic mass is 16.5. The summed E-state index contributed by atoms with van der Waals surface area (Å²) in [4.78, 5) is 18.7. The molecule has 2 atom stereocenters. The van der Waals surface area contributed by atoms with Crippen LogP contribution in [-0.4, -0.2) is 48.9 Å². The average molecular weight is 347 g/mol. The number of ether oxygens (including phenoxy) is 2. The van der Waals surface area contributed by atoms with Gasteiger partial charge in [0.1, 0.15) is 12.4 Å². The van der Waals surface area contributed by atoms with Crippen LogP contribution >= 0.6 is 0 Å². The number of nitrogens with one attached hydrogen (secondary N) is 1. The minimum absolute atomic E-state index is 0.116. The van der Waals surface area contributed by atoms with Crippen LogP contribution in [0.5, 0.6) is 0 Å². The zero-order valence-electron chi connectivity index (χ0n) is 15.2. The Kier molecular flexibility index (Phi) is 6.26. The van der Waals surface area contributed by atoms with Crippen LogP contribution in [0.2, 0.25) is 0 Å². The highest BCUT2D eigenvalue weighted by Gasteiger charge is 2.23. The maximum atomic E-state index is 12.0. The van der Waals surface area contributed by atoms with Gasteiger partial charge in [-0.15, -0.1) is 0 Å². The van der Waals surface area contributed by atoms with E-state index in [1.165, 1.54) is 19.3 Å². The van der Waals surface area contributed by atoms with Gasteiger partial charge in [0.25, 0.3) is 0 Å². The van der Waals surface area contributed by atoms with Crippen LogP contribution in [-0.2, 0) is 14.3 Å². The van der Waals surface area contributed by atoms with Crippen LogP contribution in [0.4, 0.5) is 11.5 Å². The average Bonchev–Trinajstić information content (AvgIpc) is 2.61. The minimum Gasteiger partial charge on any atom is -0.372 e. The van der Waals surface area contributed by atoms with E-state index in [1.807, 2.05) is 12.1 Å². The van der Waals surface area contributed by atoms with Gasteiger partial charge in [-0.25, -0.2) is 4.98 Å². The Morgan fingerprint density at radius 1 is 1.24 bits per heavy atom. The third-order valence-corrected chi connectivity index (χ3v) is 4.78. The van der Waals surface area contributed by atoms with E-state index in [9.17, 15) is 4.79 Å².